The van der Waals surface area contributed by atoms with Crippen LogP contribution in [0, 0.1) is 5.92 Å². The number of aromatic nitrogens is 1. The van der Waals surface area contributed by atoms with Crippen molar-refractivity contribution in [1.29, 1.82) is 0 Å². The number of nitrogens with one attached hydrogen (secondary N) is 1. The fraction of sp³-hybridized carbons (Fsp3) is 0.615. The van der Waals surface area contributed by atoms with Gasteiger partial charge in [-0.05, 0) is 19.8 Å². The Labute approximate surface area is 122 Å². The summed E-state index contributed by atoms with van der Waals surface area (Å²) < 4.78 is 5.40. The number of rotatable bonds is 7. The molecule has 0 fully saturated rings. The molecule has 0 aromatic carbocycles. The number of hydrogen-bond acceptors (Lipinski definition) is 5. The first kappa shape index (κ1) is 16.6. The summed E-state index contributed by atoms with van der Waals surface area (Å²) in [6, 6.07) is -0.905. The molecule has 1 rings (SSSR count). The van der Waals surface area contributed by atoms with Crippen LogP contribution in [0.4, 0.5) is 0 Å². The molecular weight excluding hydrogens is 280 g/mol. The number of nitrogens with zero attached hydrogens (tertiary/aromatic N) is 1. The highest BCUT2D eigenvalue weighted by Crippen LogP contribution is 2.22. The summed E-state index contributed by atoms with van der Waals surface area (Å²) in [6.07, 6.45) is 1.27. The molecule has 6 nitrogen and oxygen atoms in total. The van der Waals surface area contributed by atoms with Gasteiger partial charge < -0.3 is 15.2 Å². The maximum Gasteiger partial charge on any atom is 0.326 e. The summed E-state index contributed by atoms with van der Waals surface area (Å²) in [5.41, 5.74) is 0. The summed E-state index contributed by atoms with van der Waals surface area (Å²) in [4.78, 5) is 27.6. The van der Waals surface area contributed by atoms with E-state index in [-0.39, 0.29) is 12.0 Å². The van der Waals surface area contributed by atoms with Crippen LogP contribution in [-0.2, 0) is 9.53 Å². The largest absolute Gasteiger partial charge is 0.480 e. The minimum Gasteiger partial charge on any atom is -0.480 e. The van der Waals surface area contributed by atoms with Gasteiger partial charge in [0.25, 0.3) is 5.91 Å². The number of aliphatic carboxylic acids is 1. The van der Waals surface area contributed by atoms with Crippen molar-refractivity contribution in [3.63, 3.8) is 0 Å². The number of carboxylic acids is 1. The quantitative estimate of drug-likeness (QED) is 0.805. The molecule has 1 amide bonds. The van der Waals surface area contributed by atoms with Crippen LogP contribution in [0.25, 0.3) is 0 Å². The molecule has 0 aliphatic carbocycles. The van der Waals surface area contributed by atoms with Gasteiger partial charge in [-0.3, -0.25) is 4.79 Å². The van der Waals surface area contributed by atoms with Crippen molar-refractivity contribution < 1.29 is 19.4 Å². The van der Waals surface area contributed by atoms with Crippen molar-refractivity contribution in [2.45, 2.75) is 39.8 Å². The summed E-state index contributed by atoms with van der Waals surface area (Å²) in [5.74, 6) is -1.65. The third kappa shape index (κ3) is 4.28. The number of carbonyl (C=O) groups excluding carboxylic acids is 1. The number of carbonyl (C=O) groups is 2. The first-order valence-corrected chi connectivity index (χ1v) is 7.29. The lowest BCUT2D eigenvalue weighted by Crippen LogP contribution is -2.44. The second-order valence-corrected chi connectivity index (χ2v) is 5.76. The minimum atomic E-state index is -1.04. The molecule has 1 heterocycles. The Balaban J connectivity index is 2.75. The zero-order chi connectivity index (χ0) is 15.3. The molecule has 112 valence electrons. The molecule has 0 aliphatic rings. The lowest BCUT2D eigenvalue weighted by Gasteiger charge is -2.17. The van der Waals surface area contributed by atoms with Gasteiger partial charge in [-0.1, -0.05) is 13.8 Å². The van der Waals surface area contributed by atoms with Crippen LogP contribution in [0.15, 0.2) is 6.20 Å². The van der Waals surface area contributed by atoms with Crippen molar-refractivity contribution in [3.8, 4) is 0 Å². The van der Waals surface area contributed by atoms with E-state index in [2.05, 4.69) is 10.3 Å². The smallest absolute Gasteiger partial charge is 0.326 e. The second kappa shape index (κ2) is 7.35. The van der Waals surface area contributed by atoms with Crippen LogP contribution < -0.4 is 5.32 Å². The van der Waals surface area contributed by atoms with E-state index in [0.29, 0.717) is 16.5 Å². The number of carboxylic acid groups (broad SMARTS) is 1. The molecule has 0 saturated carbocycles. The Morgan fingerprint density at radius 2 is 2.10 bits per heavy atom. The SMILES string of the molecule is CCOC(C)c1ncc(C(=O)N[C@@H](C(=O)O)C(C)C)s1. The third-order valence-electron chi connectivity index (χ3n) is 2.73. The van der Waals surface area contributed by atoms with Gasteiger partial charge in [0.15, 0.2) is 0 Å². The van der Waals surface area contributed by atoms with Gasteiger partial charge in [0.05, 0.1) is 6.20 Å². The zero-order valence-electron chi connectivity index (χ0n) is 12.0. The molecule has 0 aliphatic heterocycles. The molecule has 2 N–H and O–H groups in total. The Bertz CT molecular complexity index is 473. The van der Waals surface area contributed by atoms with E-state index < -0.39 is 17.9 Å². The number of hydrogen-bond donors (Lipinski definition) is 2. The molecule has 0 radical (unpaired) electrons. The highest BCUT2D eigenvalue weighted by Gasteiger charge is 2.25. The normalized spacial score (nSPS) is 14.1. The van der Waals surface area contributed by atoms with Crippen LogP contribution in [0.5, 0.6) is 0 Å². The second-order valence-electron chi connectivity index (χ2n) is 4.69. The van der Waals surface area contributed by atoms with Gasteiger partial charge in [0.2, 0.25) is 0 Å². The molecule has 0 bridgehead atoms. The summed E-state index contributed by atoms with van der Waals surface area (Å²) in [7, 11) is 0. The van der Waals surface area contributed by atoms with Gasteiger partial charge in [-0.15, -0.1) is 11.3 Å². The predicted octanol–water partition coefficient (Wildman–Crippen LogP) is 2.08. The Morgan fingerprint density at radius 3 is 2.60 bits per heavy atom. The summed E-state index contributed by atoms with van der Waals surface area (Å²) in [6.45, 7) is 7.80. The average Bonchev–Trinajstić information content (AvgIpc) is 2.84. The first-order chi connectivity index (χ1) is 9.36. The van der Waals surface area contributed by atoms with Crippen molar-refractivity contribution in [2.75, 3.05) is 6.61 Å². The van der Waals surface area contributed by atoms with Crippen LogP contribution in [0.2, 0.25) is 0 Å². The van der Waals surface area contributed by atoms with Crippen LogP contribution in [0.1, 0.15) is 48.5 Å². The number of ether oxygens (including phenoxy) is 1. The van der Waals surface area contributed by atoms with Crippen molar-refractivity contribution in [3.05, 3.63) is 16.1 Å². The van der Waals surface area contributed by atoms with E-state index in [9.17, 15) is 9.59 Å². The number of amides is 1. The Morgan fingerprint density at radius 1 is 1.45 bits per heavy atom. The van der Waals surface area contributed by atoms with E-state index in [1.165, 1.54) is 17.5 Å². The molecule has 2 atom stereocenters. The molecule has 0 saturated heterocycles. The van der Waals surface area contributed by atoms with Crippen molar-refractivity contribution in [2.24, 2.45) is 5.92 Å². The average molecular weight is 300 g/mol. The van der Waals surface area contributed by atoms with E-state index in [1.807, 2.05) is 13.8 Å². The zero-order valence-corrected chi connectivity index (χ0v) is 12.9. The monoisotopic (exact) mass is 300 g/mol. The maximum atomic E-state index is 12.0. The van der Waals surface area contributed by atoms with E-state index in [1.54, 1.807) is 13.8 Å². The van der Waals surface area contributed by atoms with Gasteiger partial charge in [-0.2, -0.15) is 0 Å². The van der Waals surface area contributed by atoms with Gasteiger partial charge in [0.1, 0.15) is 22.0 Å². The van der Waals surface area contributed by atoms with Crippen molar-refractivity contribution >= 4 is 23.2 Å². The standard InChI is InChI=1S/C13H20N2O4S/c1-5-19-8(4)12-14-6-9(20-12)11(16)15-10(7(2)3)13(17)18/h6-8,10H,5H2,1-4H3,(H,15,16)(H,17,18)/t8?,10-/m1/s1. The molecule has 7 heteroatoms. The van der Waals surface area contributed by atoms with E-state index in [0.717, 1.165) is 0 Å². The summed E-state index contributed by atoms with van der Waals surface area (Å²) in [5, 5.41) is 12.3. The van der Waals surface area contributed by atoms with E-state index in [4.69, 9.17) is 9.84 Å². The molecule has 20 heavy (non-hydrogen) atoms. The lowest BCUT2D eigenvalue weighted by atomic mass is 10.0. The summed E-state index contributed by atoms with van der Waals surface area (Å²) >= 11 is 1.21. The van der Waals surface area contributed by atoms with E-state index >= 15 is 0 Å². The van der Waals surface area contributed by atoms with Crippen LogP contribution in [-0.4, -0.2) is 34.6 Å². The molecule has 0 spiro atoms. The number of thiazole rings is 1. The molecular formula is C13H20N2O4S. The Hall–Kier alpha value is -1.47. The van der Waals surface area contributed by atoms with Crippen LogP contribution >= 0.6 is 11.3 Å². The maximum absolute atomic E-state index is 12.0. The molecule has 1 aromatic heterocycles. The van der Waals surface area contributed by atoms with Gasteiger partial charge >= 0.3 is 5.97 Å². The van der Waals surface area contributed by atoms with Gasteiger partial charge in [0, 0.05) is 6.61 Å². The highest BCUT2D eigenvalue weighted by atomic mass is 32.1. The van der Waals surface area contributed by atoms with Crippen molar-refractivity contribution in [1.82, 2.24) is 10.3 Å². The van der Waals surface area contributed by atoms with Crippen LogP contribution in [0.3, 0.4) is 0 Å². The Kier molecular flexibility index (Phi) is 6.09. The third-order valence-corrected chi connectivity index (χ3v) is 3.89. The topological polar surface area (TPSA) is 88.5 Å². The lowest BCUT2D eigenvalue weighted by molar-refractivity contribution is -0.140. The fourth-order valence-corrected chi connectivity index (χ4v) is 2.45. The first-order valence-electron chi connectivity index (χ1n) is 6.47. The molecule has 1 aromatic rings. The predicted molar refractivity (Wildman–Crippen MR) is 75.9 cm³/mol. The minimum absolute atomic E-state index is 0.174. The van der Waals surface area contributed by atoms with Gasteiger partial charge in [-0.25, -0.2) is 9.78 Å². The fourth-order valence-electron chi connectivity index (χ4n) is 1.63. The molecule has 1 unspecified atom stereocenters. The highest BCUT2D eigenvalue weighted by molar-refractivity contribution is 7.13.